The van der Waals surface area contributed by atoms with Crippen molar-refractivity contribution in [1.29, 1.82) is 0 Å². The molecule has 0 aromatic carbocycles. The van der Waals surface area contributed by atoms with Crippen molar-refractivity contribution in [1.82, 2.24) is 10.2 Å². The van der Waals surface area contributed by atoms with Crippen LogP contribution in [0.3, 0.4) is 0 Å². The van der Waals surface area contributed by atoms with Gasteiger partial charge in [0.2, 0.25) is 5.91 Å². The van der Waals surface area contributed by atoms with Crippen LogP contribution in [0.4, 0.5) is 0 Å². The van der Waals surface area contributed by atoms with Crippen molar-refractivity contribution < 1.29 is 9.90 Å². The fourth-order valence-electron chi connectivity index (χ4n) is 1.23. The van der Waals surface area contributed by atoms with Gasteiger partial charge in [-0.05, 0) is 20.3 Å². The van der Waals surface area contributed by atoms with Crippen LogP contribution in [-0.4, -0.2) is 48.2 Å². The third-order valence-corrected chi connectivity index (χ3v) is 2.51. The van der Waals surface area contributed by atoms with Gasteiger partial charge in [-0.15, -0.1) is 0 Å². The molecule has 2 unspecified atom stereocenters. The number of hydrogen-bond donors (Lipinski definition) is 2. The van der Waals surface area contributed by atoms with Crippen molar-refractivity contribution in [2.75, 3.05) is 20.7 Å². The summed E-state index contributed by atoms with van der Waals surface area (Å²) in [4.78, 5) is 13.1. The summed E-state index contributed by atoms with van der Waals surface area (Å²) in [5.74, 6) is 0.0260. The van der Waals surface area contributed by atoms with Crippen LogP contribution in [0, 0.1) is 0 Å². The zero-order valence-electron chi connectivity index (χ0n) is 9.79. The van der Waals surface area contributed by atoms with Crippen LogP contribution in [0.2, 0.25) is 0 Å². The first kappa shape index (κ1) is 13.4. The minimum absolute atomic E-state index is 0.0260. The van der Waals surface area contributed by atoms with E-state index in [4.69, 9.17) is 5.11 Å². The molecule has 0 rings (SSSR count). The van der Waals surface area contributed by atoms with E-state index in [-0.39, 0.29) is 24.1 Å². The Kier molecular flexibility index (Phi) is 5.08. The zero-order valence-corrected chi connectivity index (χ0v) is 9.79. The highest BCUT2D eigenvalue weighted by Crippen LogP contribution is 2.09. The fraction of sp³-hybridized carbons (Fsp3) is 0.900. The number of rotatable bonds is 5. The maximum Gasteiger partial charge on any atom is 0.238 e. The summed E-state index contributed by atoms with van der Waals surface area (Å²) < 4.78 is 0. The van der Waals surface area contributed by atoms with Gasteiger partial charge in [-0.1, -0.05) is 6.92 Å². The number of likely N-dealkylation sites (N-methyl/N-ethyl adjacent to an activating group) is 1. The summed E-state index contributed by atoms with van der Waals surface area (Å²) in [6, 6.07) is -0.262. The zero-order chi connectivity index (χ0) is 11.4. The number of carbonyl (C=O) groups excluding carboxylic acids is 1. The third kappa shape index (κ3) is 3.64. The standard InChI is InChI=1S/C10H22N2O2/c1-6-10(3,7-13)11-8(2)9(14)12(4)5/h8,11,13H,6-7H2,1-5H3. The summed E-state index contributed by atoms with van der Waals surface area (Å²) >= 11 is 0. The molecule has 2 atom stereocenters. The minimum Gasteiger partial charge on any atom is -0.394 e. The molecule has 0 aromatic rings. The van der Waals surface area contributed by atoms with Gasteiger partial charge >= 0.3 is 0 Å². The van der Waals surface area contributed by atoms with E-state index < -0.39 is 0 Å². The van der Waals surface area contributed by atoms with Gasteiger partial charge in [0, 0.05) is 19.6 Å². The Hall–Kier alpha value is -0.610. The molecule has 84 valence electrons. The number of nitrogens with one attached hydrogen (secondary N) is 1. The maximum absolute atomic E-state index is 11.5. The first-order valence-corrected chi connectivity index (χ1v) is 4.96. The molecule has 0 saturated heterocycles. The number of carbonyl (C=O) groups is 1. The second kappa shape index (κ2) is 5.32. The lowest BCUT2D eigenvalue weighted by atomic mass is 9.99. The van der Waals surface area contributed by atoms with E-state index in [1.165, 1.54) is 0 Å². The van der Waals surface area contributed by atoms with E-state index >= 15 is 0 Å². The molecule has 14 heavy (non-hydrogen) atoms. The Morgan fingerprint density at radius 2 is 2.07 bits per heavy atom. The Balaban J connectivity index is 4.29. The summed E-state index contributed by atoms with van der Waals surface area (Å²) in [5, 5.41) is 12.3. The van der Waals surface area contributed by atoms with Gasteiger partial charge in [0.05, 0.1) is 12.6 Å². The second-order valence-electron chi connectivity index (χ2n) is 4.17. The van der Waals surface area contributed by atoms with Gasteiger partial charge in [0.1, 0.15) is 0 Å². The van der Waals surface area contributed by atoms with E-state index in [1.807, 2.05) is 20.8 Å². The predicted molar refractivity (Wildman–Crippen MR) is 57.1 cm³/mol. The highest BCUT2D eigenvalue weighted by atomic mass is 16.3. The number of aliphatic hydroxyl groups is 1. The Morgan fingerprint density at radius 1 is 1.57 bits per heavy atom. The van der Waals surface area contributed by atoms with Crippen molar-refractivity contribution in [3.05, 3.63) is 0 Å². The van der Waals surface area contributed by atoms with Crippen LogP contribution in [0.15, 0.2) is 0 Å². The summed E-state index contributed by atoms with van der Waals surface area (Å²) in [7, 11) is 3.45. The average molecular weight is 202 g/mol. The van der Waals surface area contributed by atoms with Gasteiger partial charge in [-0.3, -0.25) is 10.1 Å². The smallest absolute Gasteiger partial charge is 0.238 e. The molecule has 0 fully saturated rings. The van der Waals surface area contributed by atoms with Crippen molar-refractivity contribution in [3.63, 3.8) is 0 Å². The van der Waals surface area contributed by atoms with Crippen molar-refractivity contribution in [3.8, 4) is 0 Å². The highest BCUT2D eigenvalue weighted by Gasteiger charge is 2.26. The van der Waals surface area contributed by atoms with Gasteiger partial charge < -0.3 is 10.0 Å². The lowest BCUT2D eigenvalue weighted by Crippen LogP contribution is -2.54. The normalized spacial score (nSPS) is 17.3. The lowest BCUT2D eigenvalue weighted by molar-refractivity contribution is -0.131. The molecular formula is C10H22N2O2. The van der Waals surface area contributed by atoms with Gasteiger partial charge in [-0.2, -0.15) is 0 Å². The van der Waals surface area contributed by atoms with E-state index in [9.17, 15) is 4.79 Å². The molecule has 0 radical (unpaired) electrons. The molecule has 0 heterocycles. The first-order valence-electron chi connectivity index (χ1n) is 4.96. The number of aliphatic hydroxyl groups excluding tert-OH is 1. The van der Waals surface area contributed by atoms with Crippen LogP contribution < -0.4 is 5.32 Å². The van der Waals surface area contributed by atoms with E-state index in [1.54, 1.807) is 19.0 Å². The topological polar surface area (TPSA) is 52.6 Å². The van der Waals surface area contributed by atoms with E-state index in [0.29, 0.717) is 0 Å². The number of nitrogens with zero attached hydrogens (tertiary/aromatic N) is 1. The molecule has 0 aliphatic heterocycles. The van der Waals surface area contributed by atoms with Crippen LogP contribution in [0.5, 0.6) is 0 Å². The van der Waals surface area contributed by atoms with Crippen LogP contribution >= 0.6 is 0 Å². The monoisotopic (exact) mass is 202 g/mol. The fourth-order valence-corrected chi connectivity index (χ4v) is 1.23. The molecule has 0 spiro atoms. The predicted octanol–water partition coefficient (Wildman–Crippen LogP) is 0.214. The van der Waals surface area contributed by atoms with Crippen molar-refractivity contribution in [2.45, 2.75) is 38.8 Å². The van der Waals surface area contributed by atoms with Gasteiger partial charge in [0.15, 0.2) is 0 Å². The molecule has 1 amide bonds. The number of hydrogen-bond acceptors (Lipinski definition) is 3. The summed E-state index contributed by atoms with van der Waals surface area (Å²) in [6.45, 7) is 5.74. The third-order valence-electron chi connectivity index (χ3n) is 2.51. The second-order valence-corrected chi connectivity index (χ2v) is 4.17. The Bertz CT molecular complexity index is 189. The first-order chi connectivity index (χ1) is 6.36. The molecule has 0 aliphatic rings. The van der Waals surface area contributed by atoms with E-state index in [2.05, 4.69) is 5.32 Å². The summed E-state index contributed by atoms with van der Waals surface area (Å²) in [6.07, 6.45) is 0.786. The lowest BCUT2D eigenvalue weighted by Gasteiger charge is -2.31. The van der Waals surface area contributed by atoms with Crippen LogP contribution in [0.1, 0.15) is 27.2 Å². The molecule has 0 aliphatic carbocycles. The van der Waals surface area contributed by atoms with Crippen LogP contribution in [0.25, 0.3) is 0 Å². The molecule has 2 N–H and O–H groups in total. The molecular weight excluding hydrogens is 180 g/mol. The summed E-state index contributed by atoms with van der Waals surface area (Å²) in [5.41, 5.74) is -0.370. The molecule has 4 heteroatoms. The van der Waals surface area contributed by atoms with Gasteiger partial charge in [0.25, 0.3) is 0 Å². The largest absolute Gasteiger partial charge is 0.394 e. The molecule has 0 bridgehead atoms. The molecule has 0 saturated carbocycles. The maximum atomic E-state index is 11.5. The minimum atomic E-state index is -0.370. The molecule has 4 nitrogen and oxygen atoms in total. The number of amides is 1. The van der Waals surface area contributed by atoms with Gasteiger partial charge in [-0.25, -0.2) is 0 Å². The van der Waals surface area contributed by atoms with Crippen molar-refractivity contribution in [2.24, 2.45) is 0 Å². The quantitative estimate of drug-likeness (QED) is 0.670. The Labute approximate surface area is 86.3 Å². The van der Waals surface area contributed by atoms with E-state index in [0.717, 1.165) is 6.42 Å². The van der Waals surface area contributed by atoms with Crippen LogP contribution in [-0.2, 0) is 4.79 Å². The van der Waals surface area contributed by atoms with Crippen molar-refractivity contribution >= 4 is 5.91 Å². The average Bonchev–Trinajstić information content (AvgIpc) is 2.16. The SMILES string of the molecule is CCC(C)(CO)NC(C)C(=O)N(C)C. The highest BCUT2D eigenvalue weighted by molar-refractivity contribution is 5.81. The Morgan fingerprint density at radius 3 is 2.36 bits per heavy atom. The molecule has 0 aromatic heterocycles.